The van der Waals surface area contributed by atoms with Gasteiger partial charge in [0.05, 0.1) is 7.11 Å². The zero-order chi connectivity index (χ0) is 20.2. The number of rotatable bonds is 4. The summed E-state index contributed by atoms with van der Waals surface area (Å²) in [6.45, 7) is 3.52. The van der Waals surface area contributed by atoms with E-state index in [-0.39, 0.29) is 5.91 Å². The molecule has 2 heterocycles. The number of piperidine rings is 1. The summed E-state index contributed by atoms with van der Waals surface area (Å²) in [6, 6.07) is 22.1. The maximum absolute atomic E-state index is 13.3. The van der Waals surface area contributed by atoms with Gasteiger partial charge in [0.15, 0.2) is 0 Å². The van der Waals surface area contributed by atoms with Crippen LogP contribution in [0.4, 0.5) is 0 Å². The Morgan fingerprint density at radius 2 is 1.90 bits per heavy atom. The Balaban J connectivity index is 1.58. The minimum absolute atomic E-state index is 0.0825. The van der Waals surface area contributed by atoms with E-state index in [1.165, 1.54) is 5.56 Å². The molecular formula is C25H26N2O2. The lowest BCUT2D eigenvalue weighted by atomic mass is 9.90. The van der Waals surface area contributed by atoms with Gasteiger partial charge in [-0.25, -0.2) is 4.98 Å². The normalized spacial score (nSPS) is 16.5. The van der Waals surface area contributed by atoms with E-state index in [0.29, 0.717) is 17.2 Å². The maximum atomic E-state index is 13.3. The molecule has 0 bridgehead atoms. The van der Waals surface area contributed by atoms with Gasteiger partial charge >= 0.3 is 0 Å². The summed E-state index contributed by atoms with van der Waals surface area (Å²) in [5, 5.41) is 0. The SMILES string of the molecule is COc1ccc(C)nc1-c1cccc(C(=O)N2CCC[C@H](c3ccccc3)C2)c1. The molecule has 4 heteroatoms. The number of hydrogen-bond donors (Lipinski definition) is 0. The molecule has 0 unspecified atom stereocenters. The van der Waals surface area contributed by atoms with Crippen molar-refractivity contribution < 1.29 is 9.53 Å². The Kier molecular flexibility index (Phi) is 5.61. The number of amides is 1. The number of likely N-dealkylation sites (tertiary alicyclic amines) is 1. The topological polar surface area (TPSA) is 42.4 Å². The minimum atomic E-state index is 0.0825. The van der Waals surface area contributed by atoms with Crippen LogP contribution in [0.3, 0.4) is 0 Å². The van der Waals surface area contributed by atoms with E-state index in [0.717, 1.165) is 42.9 Å². The number of ether oxygens (including phenoxy) is 1. The molecule has 4 rings (SSSR count). The molecule has 1 aromatic heterocycles. The summed E-state index contributed by atoms with van der Waals surface area (Å²) in [6.07, 6.45) is 2.15. The van der Waals surface area contributed by atoms with Crippen LogP contribution in [0.15, 0.2) is 66.7 Å². The highest BCUT2D eigenvalue weighted by atomic mass is 16.5. The molecular weight excluding hydrogens is 360 g/mol. The molecule has 0 radical (unpaired) electrons. The number of methoxy groups -OCH3 is 1. The second-order valence-corrected chi connectivity index (χ2v) is 7.59. The zero-order valence-electron chi connectivity index (χ0n) is 17.0. The van der Waals surface area contributed by atoms with Crippen LogP contribution in [0.25, 0.3) is 11.3 Å². The number of benzene rings is 2. The van der Waals surface area contributed by atoms with Gasteiger partial charge in [0, 0.05) is 35.8 Å². The van der Waals surface area contributed by atoms with Crippen LogP contribution in [0.2, 0.25) is 0 Å². The van der Waals surface area contributed by atoms with E-state index in [1.54, 1.807) is 7.11 Å². The van der Waals surface area contributed by atoms with Crippen LogP contribution in [0.5, 0.6) is 5.75 Å². The third-order valence-corrected chi connectivity index (χ3v) is 5.58. The highest BCUT2D eigenvalue weighted by Gasteiger charge is 2.25. The molecule has 0 N–H and O–H groups in total. The monoisotopic (exact) mass is 386 g/mol. The first-order valence-electron chi connectivity index (χ1n) is 10.1. The largest absolute Gasteiger partial charge is 0.494 e. The van der Waals surface area contributed by atoms with Crippen LogP contribution >= 0.6 is 0 Å². The van der Waals surface area contributed by atoms with E-state index in [2.05, 4.69) is 29.2 Å². The van der Waals surface area contributed by atoms with Crippen molar-refractivity contribution in [3.63, 3.8) is 0 Å². The van der Waals surface area contributed by atoms with Crippen molar-refractivity contribution in [3.8, 4) is 17.0 Å². The van der Waals surface area contributed by atoms with Gasteiger partial charge in [-0.05, 0) is 49.6 Å². The average Bonchev–Trinajstić information content (AvgIpc) is 2.79. The second-order valence-electron chi connectivity index (χ2n) is 7.59. The lowest BCUT2D eigenvalue weighted by Gasteiger charge is -2.33. The molecule has 4 nitrogen and oxygen atoms in total. The first-order valence-corrected chi connectivity index (χ1v) is 10.1. The third kappa shape index (κ3) is 4.16. The highest BCUT2D eigenvalue weighted by Crippen LogP contribution is 2.30. The van der Waals surface area contributed by atoms with Gasteiger partial charge in [-0.2, -0.15) is 0 Å². The minimum Gasteiger partial charge on any atom is -0.494 e. The predicted molar refractivity (Wildman–Crippen MR) is 115 cm³/mol. The molecule has 148 valence electrons. The predicted octanol–water partition coefficient (Wildman–Crippen LogP) is 5.09. The first-order chi connectivity index (χ1) is 14.2. The van der Waals surface area contributed by atoms with Crippen molar-refractivity contribution in [3.05, 3.63) is 83.6 Å². The Morgan fingerprint density at radius 3 is 2.69 bits per heavy atom. The summed E-state index contributed by atoms with van der Waals surface area (Å²) in [5.41, 5.74) is 4.59. The van der Waals surface area contributed by atoms with Gasteiger partial charge in [-0.15, -0.1) is 0 Å². The van der Waals surface area contributed by atoms with Crippen LogP contribution in [-0.4, -0.2) is 36.0 Å². The molecule has 0 aliphatic carbocycles. The lowest BCUT2D eigenvalue weighted by molar-refractivity contribution is 0.0707. The highest BCUT2D eigenvalue weighted by molar-refractivity contribution is 5.95. The average molecular weight is 386 g/mol. The summed E-state index contributed by atoms with van der Waals surface area (Å²) >= 11 is 0. The Morgan fingerprint density at radius 1 is 1.07 bits per heavy atom. The molecule has 2 aromatic carbocycles. The Labute approximate surface area is 172 Å². The van der Waals surface area contributed by atoms with Gasteiger partial charge in [0.1, 0.15) is 11.4 Å². The zero-order valence-corrected chi connectivity index (χ0v) is 17.0. The van der Waals surface area contributed by atoms with Crippen LogP contribution in [0.1, 0.15) is 40.4 Å². The second kappa shape index (κ2) is 8.48. The number of nitrogens with zero attached hydrogens (tertiary/aromatic N) is 2. The number of hydrogen-bond acceptors (Lipinski definition) is 3. The van der Waals surface area contributed by atoms with Crippen LogP contribution in [-0.2, 0) is 0 Å². The molecule has 1 amide bonds. The summed E-state index contributed by atoms with van der Waals surface area (Å²) < 4.78 is 5.48. The number of carbonyl (C=O) groups excluding carboxylic acids is 1. The van der Waals surface area contributed by atoms with Gasteiger partial charge in [0.2, 0.25) is 0 Å². The molecule has 1 fully saturated rings. The van der Waals surface area contributed by atoms with Gasteiger partial charge in [-0.3, -0.25) is 4.79 Å². The smallest absolute Gasteiger partial charge is 0.253 e. The van der Waals surface area contributed by atoms with E-state index < -0.39 is 0 Å². The lowest BCUT2D eigenvalue weighted by Crippen LogP contribution is -2.39. The molecule has 0 spiro atoms. The molecule has 29 heavy (non-hydrogen) atoms. The van der Waals surface area contributed by atoms with Crippen molar-refractivity contribution >= 4 is 5.91 Å². The van der Waals surface area contributed by atoms with E-state index in [9.17, 15) is 4.79 Å². The van der Waals surface area contributed by atoms with Crippen molar-refractivity contribution in [2.45, 2.75) is 25.7 Å². The van der Waals surface area contributed by atoms with E-state index >= 15 is 0 Å². The van der Waals surface area contributed by atoms with Gasteiger partial charge < -0.3 is 9.64 Å². The van der Waals surface area contributed by atoms with Crippen molar-refractivity contribution in [1.29, 1.82) is 0 Å². The molecule has 1 atom stereocenters. The fourth-order valence-electron chi connectivity index (χ4n) is 4.06. The quantitative estimate of drug-likeness (QED) is 0.627. The van der Waals surface area contributed by atoms with Gasteiger partial charge in [0.25, 0.3) is 5.91 Å². The standard InChI is InChI=1S/C25H26N2O2/c1-18-13-14-23(29-2)24(26-18)20-10-6-11-21(16-20)25(28)27-15-7-12-22(17-27)19-8-4-3-5-9-19/h3-6,8-11,13-14,16,22H,7,12,15,17H2,1-2H3/t22-/m0/s1. The van der Waals surface area contributed by atoms with Crippen molar-refractivity contribution in [2.75, 3.05) is 20.2 Å². The molecule has 1 aliphatic heterocycles. The van der Waals surface area contributed by atoms with Crippen molar-refractivity contribution in [1.82, 2.24) is 9.88 Å². The third-order valence-electron chi connectivity index (χ3n) is 5.58. The number of pyridine rings is 1. The number of aromatic nitrogens is 1. The van der Waals surface area contributed by atoms with Crippen LogP contribution in [0, 0.1) is 6.92 Å². The van der Waals surface area contributed by atoms with Crippen LogP contribution < -0.4 is 4.74 Å². The van der Waals surface area contributed by atoms with Gasteiger partial charge in [-0.1, -0.05) is 42.5 Å². The summed E-state index contributed by atoms with van der Waals surface area (Å²) in [5.74, 6) is 1.19. The number of aryl methyl sites for hydroxylation is 1. The fraction of sp³-hybridized carbons (Fsp3) is 0.280. The van der Waals surface area contributed by atoms with E-state index in [4.69, 9.17) is 4.74 Å². The number of carbonyl (C=O) groups is 1. The fourth-order valence-corrected chi connectivity index (χ4v) is 4.06. The summed E-state index contributed by atoms with van der Waals surface area (Å²) in [4.78, 5) is 19.9. The Bertz CT molecular complexity index is 1000. The first kappa shape index (κ1) is 19.2. The van der Waals surface area contributed by atoms with E-state index in [1.807, 2.05) is 54.3 Å². The van der Waals surface area contributed by atoms with Crippen molar-refractivity contribution in [2.24, 2.45) is 0 Å². The molecule has 1 saturated heterocycles. The maximum Gasteiger partial charge on any atom is 0.253 e. The molecule has 0 saturated carbocycles. The molecule has 3 aromatic rings. The summed E-state index contributed by atoms with van der Waals surface area (Å²) in [7, 11) is 1.64. The molecule has 1 aliphatic rings. The Hall–Kier alpha value is -3.14.